The van der Waals surface area contributed by atoms with Crippen molar-refractivity contribution in [3.63, 3.8) is 0 Å². The minimum absolute atomic E-state index is 0.0130. The number of benzene rings is 1. The summed E-state index contributed by atoms with van der Waals surface area (Å²) in [5.41, 5.74) is 1.13. The van der Waals surface area contributed by atoms with E-state index in [9.17, 15) is 0 Å². The zero-order valence-electron chi connectivity index (χ0n) is 9.19. The van der Waals surface area contributed by atoms with Gasteiger partial charge in [-0.05, 0) is 17.7 Å². The van der Waals surface area contributed by atoms with Crippen LogP contribution in [-0.4, -0.2) is 31.8 Å². The summed E-state index contributed by atoms with van der Waals surface area (Å²) >= 11 is 3.45. The van der Waals surface area contributed by atoms with E-state index in [1.54, 1.807) is 7.11 Å². The van der Waals surface area contributed by atoms with Crippen molar-refractivity contribution >= 4 is 15.9 Å². The Bertz CT molecular complexity index is 326. The second-order valence-electron chi connectivity index (χ2n) is 3.63. The molecular formula is C12H15BrO3. The van der Waals surface area contributed by atoms with Crippen molar-refractivity contribution < 1.29 is 14.2 Å². The SMILES string of the molecule is COc1ccc(C2OCCOC2CBr)cc1. The Kier molecular flexibility index (Phi) is 4.21. The second-order valence-corrected chi connectivity index (χ2v) is 4.28. The highest BCUT2D eigenvalue weighted by atomic mass is 79.9. The number of hydrogen-bond donors (Lipinski definition) is 0. The summed E-state index contributed by atoms with van der Waals surface area (Å²) in [7, 11) is 1.66. The van der Waals surface area contributed by atoms with Crippen LogP contribution in [0.5, 0.6) is 5.75 Å². The van der Waals surface area contributed by atoms with Crippen molar-refractivity contribution in [1.29, 1.82) is 0 Å². The molecule has 1 aromatic rings. The van der Waals surface area contributed by atoms with E-state index >= 15 is 0 Å². The maximum Gasteiger partial charge on any atom is 0.118 e. The molecule has 0 bridgehead atoms. The molecule has 16 heavy (non-hydrogen) atoms. The highest BCUT2D eigenvalue weighted by Gasteiger charge is 2.27. The number of methoxy groups -OCH3 is 1. The Morgan fingerprint density at radius 1 is 1.25 bits per heavy atom. The first-order valence-corrected chi connectivity index (χ1v) is 6.40. The van der Waals surface area contributed by atoms with Gasteiger partial charge >= 0.3 is 0 Å². The zero-order chi connectivity index (χ0) is 11.4. The average molecular weight is 287 g/mol. The number of hydrogen-bond acceptors (Lipinski definition) is 3. The van der Waals surface area contributed by atoms with Crippen LogP contribution in [0.2, 0.25) is 0 Å². The van der Waals surface area contributed by atoms with E-state index in [-0.39, 0.29) is 12.2 Å². The van der Waals surface area contributed by atoms with Gasteiger partial charge in [0.1, 0.15) is 11.9 Å². The standard InChI is InChI=1S/C12H15BrO3/c1-14-10-4-2-9(3-5-10)12-11(8-13)15-6-7-16-12/h2-5,11-12H,6-8H2,1H3. The van der Waals surface area contributed by atoms with Crippen LogP contribution in [0.1, 0.15) is 11.7 Å². The number of halogens is 1. The van der Waals surface area contributed by atoms with Crippen LogP contribution in [0.4, 0.5) is 0 Å². The van der Waals surface area contributed by atoms with Crippen LogP contribution in [0, 0.1) is 0 Å². The lowest BCUT2D eigenvalue weighted by Gasteiger charge is -2.31. The normalized spacial score (nSPS) is 25.4. The first-order chi connectivity index (χ1) is 7.85. The van der Waals surface area contributed by atoms with Gasteiger partial charge in [0.05, 0.1) is 26.4 Å². The van der Waals surface area contributed by atoms with E-state index < -0.39 is 0 Å². The molecule has 0 aromatic heterocycles. The fourth-order valence-corrected chi connectivity index (χ4v) is 2.33. The average Bonchev–Trinajstić information content (AvgIpc) is 2.39. The summed E-state index contributed by atoms with van der Waals surface area (Å²) in [5, 5.41) is 0.781. The Hall–Kier alpha value is -0.580. The number of alkyl halides is 1. The van der Waals surface area contributed by atoms with Gasteiger partial charge in [-0.1, -0.05) is 28.1 Å². The van der Waals surface area contributed by atoms with E-state index in [1.165, 1.54) is 0 Å². The molecule has 0 radical (unpaired) electrons. The molecule has 1 aliphatic rings. The summed E-state index contributed by atoms with van der Waals surface area (Å²) in [4.78, 5) is 0. The van der Waals surface area contributed by atoms with Crippen LogP contribution < -0.4 is 4.74 Å². The van der Waals surface area contributed by atoms with Crippen molar-refractivity contribution in [3.05, 3.63) is 29.8 Å². The van der Waals surface area contributed by atoms with Crippen molar-refractivity contribution in [2.45, 2.75) is 12.2 Å². The van der Waals surface area contributed by atoms with Gasteiger partial charge in [-0.15, -0.1) is 0 Å². The monoisotopic (exact) mass is 286 g/mol. The van der Waals surface area contributed by atoms with Gasteiger partial charge in [0.15, 0.2) is 0 Å². The van der Waals surface area contributed by atoms with E-state index in [0.29, 0.717) is 13.2 Å². The van der Waals surface area contributed by atoms with Gasteiger partial charge in [-0.3, -0.25) is 0 Å². The number of rotatable bonds is 3. The molecule has 0 spiro atoms. The molecule has 3 nitrogen and oxygen atoms in total. The molecular weight excluding hydrogens is 272 g/mol. The third-order valence-electron chi connectivity index (χ3n) is 2.65. The van der Waals surface area contributed by atoms with Crippen LogP contribution >= 0.6 is 15.9 Å². The molecule has 0 aliphatic carbocycles. The molecule has 1 aromatic carbocycles. The van der Waals surface area contributed by atoms with Gasteiger partial charge in [0, 0.05) is 5.33 Å². The first-order valence-electron chi connectivity index (χ1n) is 5.28. The second kappa shape index (κ2) is 5.66. The Morgan fingerprint density at radius 3 is 2.56 bits per heavy atom. The summed E-state index contributed by atoms with van der Waals surface area (Å²) in [5.74, 6) is 0.857. The lowest BCUT2D eigenvalue weighted by atomic mass is 10.0. The highest BCUT2D eigenvalue weighted by Crippen LogP contribution is 2.28. The molecule has 1 heterocycles. The van der Waals surface area contributed by atoms with Gasteiger partial charge in [0.2, 0.25) is 0 Å². The largest absolute Gasteiger partial charge is 0.497 e. The summed E-state index contributed by atoms with van der Waals surface area (Å²) in [6.07, 6.45) is 0.0983. The van der Waals surface area contributed by atoms with E-state index in [1.807, 2.05) is 24.3 Å². The predicted octanol–water partition coefficient (Wildman–Crippen LogP) is 2.55. The number of ether oxygens (including phenoxy) is 3. The third-order valence-corrected chi connectivity index (χ3v) is 3.28. The summed E-state index contributed by atoms with van der Waals surface area (Å²) < 4.78 is 16.5. The van der Waals surface area contributed by atoms with Crippen molar-refractivity contribution in [2.75, 3.05) is 25.7 Å². The van der Waals surface area contributed by atoms with Crippen LogP contribution in [0.25, 0.3) is 0 Å². The summed E-state index contributed by atoms with van der Waals surface area (Å²) in [6, 6.07) is 7.93. The quantitative estimate of drug-likeness (QED) is 0.800. The van der Waals surface area contributed by atoms with Gasteiger partial charge in [-0.25, -0.2) is 0 Å². The van der Waals surface area contributed by atoms with Crippen molar-refractivity contribution in [1.82, 2.24) is 0 Å². The van der Waals surface area contributed by atoms with Crippen LogP contribution in [0.15, 0.2) is 24.3 Å². The molecule has 1 saturated heterocycles. The highest BCUT2D eigenvalue weighted by molar-refractivity contribution is 9.09. The maximum absolute atomic E-state index is 5.75. The fraction of sp³-hybridized carbons (Fsp3) is 0.500. The first kappa shape index (κ1) is 11.9. The molecule has 88 valence electrons. The van der Waals surface area contributed by atoms with Gasteiger partial charge in [0.25, 0.3) is 0 Å². The smallest absolute Gasteiger partial charge is 0.118 e. The summed E-state index contributed by atoms with van der Waals surface area (Å²) in [6.45, 7) is 1.32. The lowest BCUT2D eigenvalue weighted by Crippen LogP contribution is -2.33. The lowest BCUT2D eigenvalue weighted by molar-refractivity contribution is -0.132. The molecule has 0 N–H and O–H groups in total. The van der Waals surface area contributed by atoms with Crippen molar-refractivity contribution in [2.24, 2.45) is 0 Å². The predicted molar refractivity (Wildman–Crippen MR) is 65.2 cm³/mol. The zero-order valence-corrected chi connectivity index (χ0v) is 10.8. The van der Waals surface area contributed by atoms with E-state index in [2.05, 4.69) is 15.9 Å². The molecule has 1 fully saturated rings. The Balaban J connectivity index is 2.14. The minimum Gasteiger partial charge on any atom is -0.497 e. The van der Waals surface area contributed by atoms with E-state index in [0.717, 1.165) is 16.6 Å². The minimum atomic E-state index is 0.0130. The molecule has 2 unspecified atom stereocenters. The fourth-order valence-electron chi connectivity index (χ4n) is 1.80. The van der Waals surface area contributed by atoms with Gasteiger partial charge in [-0.2, -0.15) is 0 Å². The van der Waals surface area contributed by atoms with E-state index in [4.69, 9.17) is 14.2 Å². The topological polar surface area (TPSA) is 27.7 Å². The maximum atomic E-state index is 5.75. The van der Waals surface area contributed by atoms with Crippen LogP contribution in [-0.2, 0) is 9.47 Å². The Labute approximate surface area is 104 Å². The molecule has 0 saturated carbocycles. The molecule has 4 heteroatoms. The molecule has 2 atom stereocenters. The molecule has 1 aliphatic heterocycles. The van der Waals surface area contributed by atoms with Gasteiger partial charge < -0.3 is 14.2 Å². The third kappa shape index (κ3) is 2.56. The molecule has 2 rings (SSSR count). The molecule has 0 amide bonds. The Morgan fingerprint density at radius 2 is 1.94 bits per heavy atom. The van der Waals surface area contributed by atoms with Crippen LogP contribution in [0.3, 0.4) is 0 Å². The van der Waals surface area contributed by atoms with Crippen molar-refractivity contribution in [3.8, 4) is 5.75 Å².